The summed E-state index contributed by atoms with van der Waals surface area (Å²) in [4.78, 5) is 26.5. The van der Waals surface area contributed by atoms with Crippen LogP contribution in [0, 0.1) is 0 Å². The Morgan fingerprint density at radius 1 is 0.452 bits per heavy atom. The third-order valence-electron chi connectivity index (χ3n) is 19.2. The summed E-state index contributed by atoms with van der Waals surface area (Å²) in [6.07, 6.45) is 32.0. The van der Waals surface area contributed by atoms with Gasteiger partial charge in [-0.2, -0.15) is 0 Å². The first kappa shape index (κ1) is 76.4. The lowest BCUT2D eigenvalue weighted by atomic mass is 9.98. The SMILES string of the molecule is CCCCCCCCCCCCCC(CCN)O[Si](c1ccccc1)(c1ccccc1)C(C)(C)C.CCCCCCCCCCCCCC(CCNC(=O)[C@H](CO)NC(=O)OCC1c2ccccc2-c2ccccc21)O[Si](c1ccccc1)(c1ccccc1)C(C)(C)C. The van der Waals surface area contributed by atoms with Crippen LogP contribution in [0.2, 0.25) is 10.1 Å². The van der Waals surface area contributed by atoms with Crippen molar-refractivity contribution in [3.63, 3.8) is 0 Å². The number of unbranched alkanes of at least 4 members (excludes halogenated alkanes) is 20. The number of nitrogens with two attached hydrogens (primary N) is 1. The largest absolute Gasteiger partial charge is 0.449 e. The summed E-state index contributed by atoms with van der Waals surface area (Å²) in [6.45, 7) is 19.1. The fraction of sp³-hybridized carbons (Fsp3) is 0.537. The van der Waals surface area contributed by atoms with E-state index in [4.69, 9.17) is 19.3 Å². The van der Waals surface area contributed by atoms with Crippen molar-refractivity contribution in [2.75, 3.05) is 26.3 Å². The number of hydrogen-bond donors (Lipinski definition) is 4. The number of ether oxygens (including phenoxy) is 1. The molecule has 1 aliphatic carbocycles. The Morgan fingerprint density at radius 3 is 1.11 bits per heavy atom. The number of aliphatic hydroxyl groups is 1. The van der Waals surface area contributed by atoms with Gasteiger partial charge in [0.05, 0.1) is 6.61 Å². The molecule has 3 atom stereocenters. The van der Waals surface area contributed by atoms with Gasteiger partial charge in [-0.05, 0) is 85.3 Å². The average Bonchev–Trinajstić information content (AvgIpc) is 1.42. The quantitative estimate of drug-likeness (QED) is 0.0222. The van der Waals surface area contributed by atoms with Crippen LogP contribution < -0.4 is 37.1 Å². The van der Waals surface area contributed by atoms with E-state index in [2.05, 4.69) is 212 Å². The summed E-state index contributed by atoms with van der Waals surface area (Å²) in [5, 5.41) is 20.8. The number of benzene rings is 6. The molecule has 7 rings (SSSR count). The van der Waals surface area contributed by atoms with Crippen LogP contribution in [0.1, 0.15) is 239 Å². The van der Waals surface area contributed by atoms with E-state index >= 15 is 0 Å². The monoisotopic (exact) mass is 1300 g/mol. The number of alkyl carbamates (subject to hydrolysis) is 1. The maximum Gasteiger partial charge on any atom is 0.407 e. The van der Waals surface area contributed by atoms with E-state index in [1.165, 1.54) is 149 Å². The molecule has 0 heterocycles. The minimum absolute atomic E-state index is 0.0136. The Kier molecular flexibility index (Phi) is 33.9. The van der Waals surface area contributed by atoms with Gasteiger partial charge in [-0.25, -0.2) is 4.79 Å². The molecule has 508 valence electrons. The van der Waals surface area contributed by atoms with Crippen molar-refractivity contribution >= 4 is 49.4 Å². The predicted molar refractivity (Wildman–Crippen MR) is 398 cm³/mol. The highest BCUT2D eigenvalue weighted by atomic mass is 28.4. The van der Waals surface area contributed by atoms with Gasteiger partial charge in [-0.15, -0.1) is 0 Å². The van der Waals surface area contributed by atoms with Crippen LogP contribution in [0.4, 0.5) is 4.79 Å². The maximum absolute atomic E-state index is 13.5. The van der Waals surface area contributed by atoms with Crippen LogP contribution in [0.5, 0.6) is 0 Å². The van der Waals surface area contributed by atoms with Crippen molar-refractivity contribution in [3.8, 4) is 11.1 Å². The number of aliphatic hydroxyl groups excluding tert-OH is 1. The third kappa shape index (κ3) is 23.3. The molecule has 0 radical (unpaired) electrons. The summed E-state index contributed by atoms with van der Waals surface area (Å²) in [5.74, 6) is -0.553. The van der Waals surface area contributed by atoms with Crippen molar-refractivity contribution in [3.05, 3.63) is 181 Å². The molecule has 5 N–H and O–H groups in total. The molecule has 11 heteroatoms. The van der Waals surface area contributed by atoms with Gasteiger partial charge in [-0.1, -0.05) is 367 Å². The Hall–Kier alpha value is -5.67. The smallest absolute Gasteiger partial charge is 0.407 e. The van der Waals surface area contributed by atoms with Crippen LogP contribution in [0.25, 0.3) is 11.1 Å². The predicted octanol–water partition coefficient (Wildman–Crippen LogP) is 18.0. The van der Waals surface area contributed by atoms with Gasteiger partial charge in [-0.3, -0.25) is 4.79 Å². The van der Waals surface area contributed by atoms with Crippen molar-refractivity contribution in [2.24, 2.45) is 5.73 Å². The van der Waals surface area contributed by atoms with E-state index < -0.39 is 41.3 Å². The van der Waals surface area contributed by atoms with E-state index in [0.717, 1.165) is 54.4 Å². The highest BCUT2D eigenvalue weighted by Crippen LogP contribution is 2.45. The van der Waals surface area contributed by atoms with Gasteiger partial charge in [0.2, 0.25) is 5.91 Å². The van der Waals surface area contributed by atoms with E-state index in [1.807, 2.05) is 24.3 Å². The average molecular weight is 1300 g/mol. The van der Waals surface area contributed by atoms with Gasteiger partial charge in [0.25, 0.3) is 16.6 Å². The highest BCUT2D eigenvalue weighted by Gasteiger charge is 2.52. The summed E-state index contributed by atoms with van der Waals surface area (Å²) >= 11 is 0. The minimum atomic E-state index is -2.83. The van der Waals surface area contributed by atoms with Gasteiger partial charge in [0.1, 0.15) is 12.6 Å². The normalized spacial score (nSPS) is 13.5. The summed E-state index contributed by atoms with van der Waals surface area (Å²) in [5.41, 5.74) is 10.6. The number of fused-ring (bicyclic) bond motifs is 3. The molecule has 93 heavy (non-hydrogen) atoms. The van der Waals surface area contributed by atoms with E-state index in [9.17, 15) is 14.7 Å². The lowest BCUT2D eigenvalue weighted by Gasteiger charge is -2.45. The van der Waals surface area contributed by atoms with E-state index in [1.54, 1.807) is 0 Å². The molecule has 0 bridgehead atoms. The molecular formula is C82H121N3O6Si2. The Labute approximate surface area is 565 Å². The van der Waals surface area contributed by atoms with Crippen molar-refractivity contribution in [1.82, 2.24) is 10.6 Å². The van der Waals surface area contributed by atoms with Crippen molar-refractivity contribution in [2.45, 2.75) is 257 Å². The lowest BCUT2D eigenvalue weighted by molar-refractivity contribution is -0.124. The molecule has 6 aromatic carbocycles. The number of amides is 2. The molecule has 0 saturated carbocycles. The molecule has 6 aromatic rings. The number of carbonyl (C=O) groups is 2. The molecule has 0 aromatic heterocycles. The molecule has 2 amide bonds. The first-order chi connectivity index (χ1) is 45.1. The molecule has 2 unspecified atom stereocenters. The van der Waals surface area contributed by atoms with E-state index in [-0.39, 0.29) is 34.8 Å². The number of rotatable bonds is 42. The van der Waals surface area contributed by atoms with Gasteiger partial charge >= 0.3 is 6.09 Å². The van der Waals surface area contributed by atoms with Gasteiger partial charge in [0, 0.05) is 24.7 Å². The zero-order chi connectivity index (χ0) is 66.6. The Morgan fingerprint density at radius 2 is 0.774 bits per heavy atom. The Balaban J connectivity index is 0.000000335. The standard InChI is InChI=1S/C50H68N2O5Si.C32H53NOSi/c1-5-6-7-8-9-10-11-12-13-14-17-26-39(57-58(50(2,3)4,40-27-18-15-19-28-40)41-29-20-16-21-30-41)35-36-51-48(54)47(37-53)52-49(55)56-38-46-44-33-24-22-31-42(44)43-32-23-25-34-45(43)46;1-5-6-7-8-9-10-11-12-13-14-17-22-29(27-28-33)34-35(32(2,3)4,30-23-18-15-19-24-30)31-25-20-16-21-26-31/h15-16,18-25,27-34,39,46-47,53H,5-14,17,26,35-38H2,1-4H3,(H,51,54)(H,52,55);15-16,18-21,23-26,29H,5-14,17,22,27-28,33H2,1-4H3/t39?,47-;/m0./s1. The second kappa shape index (κ2) is 41.3. The van der Waals surface area contributed by atoms with Crippen LogP contribution in [0.15, 0.2) is 170 Å². The topological polar surface area (TPSA) is 132 Å². The zero-order valence-electron chi connectivity index (χ0n) is 58.8. The van der Waals surface area contributed by atoms with Gasteiger partial charge < -0.3 is 35.1 Å². The first-order valence-corrected chi connectivity index (χ1v) is 40.2. The molecule has 1 aliphatic rings. The minimum Gasteiger partial charge on any atom is -0.449 e. The molecular weight excluding hydrogens is 1180 g/mol. The molecule has 0 fully saturated rings. The van der Waals surface area contributed by atoms with E-state index in [0.29, 0.717) is 19.5 Å². The molecule has 0 spiro atoms. The van der Waals surface area contributed by atoms with Crippen LogP contribution in [-0.2, 0) is 18.4 Å². The fourth-order valence-corrected chi connectivity index (χ4v) is 23.6. The van der Waals surface area contributed by atoms with Crippen molar-refractivity contribution in [1.29, 1.82) is 0 Å². The summed E-state index contributed by atoms with van der Waals surface area (Å²) < 4.78 is 20.6. The number of carbonyl (C=O) groups excluding carboxylic acids is 2. The summed E-state index contributed by atoms with van der Waals surface area (Å²) in [6, 6.07) is 58.6. The Bertz CT molecular complexity index is 2850. The first-order valence-electron chi connectivity index (χ1n) is 36.4. The van der Waals surface area contributed by atoms with Gasteiger partial charge in [0.15, 0.2) is 0 Å². The number of nitrogens with one attached hydrogen (secondary N) is 2. The third-order valence-corrected chi connectivity index (χ3v) is 29.4. The highest BCUT2D eigenvalue weighted by molar-refractivity contribution is 7.00. The van der Waals surface area contributed by atoms with Crippen molar-refractivity contribution < 1.29 is 28.3 Å². The van der Waals surface area contributed by atoms with Crippen LogP contribution in [0.3, 0.4) is 0 Å². The molecule has 0 aliphatic heterocycles. The molecule has 0 saturated heterocycles. The summed E-state index contributed by atoms with van der Waals surface area (Å²) in [7, 11) is -5.34. The van der Waals surface area contributed by atoms with Crippen LogP contribution >= 0.6 is 0 Å². The van der Waals surface area contributed by atoms with Crippen LogP contribution in [-0.4, -0.2) is 78.3 Å². The second-order valence-electron chi connectivity index (χ2n) is 28.3. The number of hydrogen-bond acceptors (Lipinski definition) is 7. The second-order valence-corrected chi connectivity index (χ2v) is 36.8. The molecule has 9 nitrogen and oxygen atoms in total. The fourth-order valence-electron chi connectivity index (χ4n) is 14.1. The zero-order valence-corrected chi connectivity index (χ0v) is 60.8. The maximum atomic E-state index is 13.5. The lowest BCUT2D eigenvalue weighted by Crippen LogP contribution is -2.67.